The van der Waals surface area contributed by atoms with Gasteiger partial charge >= 0.3 is 19.4 Å². The molecule has 0 saturated carbocycles. The van der Waals surface area contributed by atoms with E-state index in [2.05, 4.69) is 14.8 Å². The Bertz CT molecular complexity index is 557. The maximum Gasteiger partial charge on any atom is 0.420 e. The smallest absolute Gasteiger partial charge is 0.420 e. The van der Waals surface area contributed by atoms with Gasteiger partial charge in [-0.05, 0) is 43.5 Å². The Morgan fingerprint density at radius 3 is 2.17 bits per heavy atom. The summed E-state index contributed by atoms with van der Waals surface area (Å²) in [5.41, 5.74) is -1.65. The standard InChI is InChI=1S/C14H14F7NO2/c15-12(16)23-10-6-9(14(19,20)21)11(24-13(17)18)5-7(10)4-8-2-1-3-22-8/h5-6,8,12-13,22H,1-4H2/t8-/m0/s1. The lowest BCUT2D eigenvalue weighted by molar-refractivity contribution is -0.142. The molecule has 1 fully saturated rings. The fourth-order valence-corrected chi connectivity index (χ4v) is 2.58. The lowest BCUT2D eigenvalue weighted by Crippen LogP contribution is -2.24. The third-order valence-corrected chi connectivity index (χ3v) is 3.53. The van der Waals surface area contributed by atoms with Crippen molar-refractivity contribution in [1.29, 1.82) is 0 Å². The summed E-state index contributed by atoms with van der Waals surface area (Å²) < 4.78 is 96.7. The van der Waals surface area contributed by atoms with Gasteiger partial charge in [-0.3, -0.25) is 0 Å². The lowest BCUT2D eigenvalue weighted by atomic mass is 10.0. The van der Waals surface area contributed by atoms with Crippen LogP contribution in [0, 0.1) is 0 Å². The summed E-state index contributed by atoms with van der Waals surface area (Å²) >= 11 is 0. The average molecular weight is 361 g/mol. The van der Waals surface area contributed by atoms with Gasteiger partial charge in [-0.1, -0.05) is 0 Å². The Kier molecular flexibility index (Phi) is 5.79. The average Bonchev–Trinajstić information content (AvgIpc) is 2.92. The number of nitrogens with one attached hydrogen (secondary N) is 1. The molecule has 136 valence electrons. The first-order chi connectivity index (χ1) is 11.2. The van der Waals surface area contributed by atoms with Crippen LogP contribution < -0.4 is 14.8 Å². The molecule has 1 atom stereocenters. The summed E-state index contributed by atoms with van der Waals surface area (Å²) in [5, 5.41) is 3.04. The second kappa shape index (κ2) is 7.45. The number of hydrogen-bond acceptors (Lipinski definition) is 3. The molecule has 1 saturated heterocycles. The zero-order chi connectivity index (χ0) is 17.9. The van der Waals surface area contributed by atoms with E-state index < -0.39 is 36.5 Å². The molecule has 1 aromatic rings. The van der Waals surface area contributed by atoms with E-state index in [1.54, 1.807) is 0 Å². The molecule has 3 nitrogen and oxygen atoms in total. The van der Waals surface area contributed by atoms with Crippen molar-refractivity contribution in [1.82, 2.24) is 5.32 Å². The van der Waals surface area contributed by atoms with Gasteiger partial charge in [0.25, 0.3) is 0 Å². The molecular formula is C14H14F7NO2. The molecule has 1 aromatic carbocycles. The van der Waals surface area contributed by atoms with Crippen molar-refractivity contribution in [2.45, 2.75) is 44.7 Å². The Morgan fingerprint density at radius 2 is 1.67 bits per heavy atom. The molecule has 0 bridgehead atoms. The Labute approximate surface area is 132 Å². The van der Waals surface area contributed by atoms with Crippen molar-refractivity contribution >= 4 is 0 Å². The van der Waals surface area contributed by atoms with Gasteiger partial charge < -0.3 is 14.8 Å². The lowest BCUT2D eigenvalue weighted by Gasteiger charge is -2.20. The van der Waals surface area contributed by atoms with Crippen LogP contribution >= 0.6 is 0 Å². The zero-order valence-corrected chi connectivity index (χ0v) is 12.2. The number of halogens is 7. The second-order valence-electron chi connectivity index (χ2n) is 5.21. The molecule has 0 aliphatic carbocycles. The predicted molar refractivity (Wildman–Crippen MR) is 69.4 cm³/mol. The first-order valence-electron chi connectivity index (χ1n) is 7.04. The van der Waals surface area contributed by atoms with Gasteiger partial charge in [0.05, 0.1) is 0 Å². The highest BCUT2D eigenvalue weighted by Crippen LogP contribution is 2.41. The van der Waals surface area contributed by atoms with Crippen LogP contribution in [0.15, 0.2) is 12.1 Å². The monoisotopic (exact) mass is 361 g/mol. The van der Waals surface area contributed by atoms with Crippen LogP contribution in [-0.4, -0.2) is 25.8 Å². The van der Waals surface area contributed by atoms with Gasteiger partial charge in [0.15, 0.2) is 0 Å². The summed E-state index contributed by atoms with van der Waals surface area (Å²) in [4.78, 5) is 0. The van der Waals surface area contributed by atoms with E-state index in [0.717, 1.165) is 6.42 Å². The fourth-order valence-electron chi connectivity index (χ4n) is 2.58. The van der Waals surface area contributed by atoms with E-state index in [-0.39, 0.29) is 24.1 Å². The van der Waals surface area contributed by atoms with E-state index >= 15 is 0 Å². The Morgan fingerprint density at radius 1 is 1.04 bits per heavy atom. The molecule has 24 heavy (non-hydrogen) atoms. The molecule has 0 spiro atoms. The highest BCUT2D eigenvalue weighted by molar-refractivity contribution is 5.48. The molecule has 1 aliphatic rings. The van der Waals surface area contributed by atoms with Gasteiger partial charge in [0.1, 0.15) is 17.1 Å². The zero-order valence-electron chi connectivity index (χ0n) is 12.2. The number of alkyl halides is 7. The van der Waals surface area contributed by atoms with Crippen molar-refractivity contribution in [2.24, 2.45) is 0 Å². The van der Waals surface area contributed by atoms with Gasteiger partial charge in [-0.15, -0.1) is 0 Å². The number of ether oxygens (including phenoxy) is 2. The van der Waals surface area contributed by atoms with Crippen molar-refractivity contribution in [3.8, 4) is 11.5 Å². The second-order valence-corrected chi connectivity index (χ2v) is 5.21. The predicted octanol–water partition coefficient (Wildman–Crippen LogP) is 4.20. The first-order valence-corrected chi connectivity index (χ1v) is 7.04. The topological polar surface area (TPSA) is 30.5 Å². The van der Waals surface area contributed by atoms with E-state index in [0.29, 0.717) is 19.0 Å². The van der Waals surface area contributed by atoms with Crippen LogP contribution in [0.3, 0.4) is 0 Å². The van der Waals surface area contributed by atoms with Crippen LogP contribution in [-0.2, 0) is 12.6 Å². The summed E-state index contributed by atoms with van der Waals surface area (Å²) in [6.07, 6.45) is -3.51. The quantitative estimate of drug-likeness (QED) is 0.771. The molecule has 1 N–H and O–H groups in total. The highest BCUT2D eigenvalue weighted by atomic mass is 19.4. The van der Waals surface area contributed by atoms with Crippen molar-refractivity contribution in [3.63, 3.8) is 0 Å². The summed E-state index contributed by atoms with van der Waals surface area (Å²) in [6, 6.07) is 0.794. The summed E-state index contributed by atoms with van der Waals surface area (Å²) in [5.74, 6) is -1.82. The third-order valence-electron chi connectivity index (χ3n) is 3.53. The summed E-state index contributed by atoms with van der Waals surface area (Å²) in [6.45, 7) is -6.15. The van der Waals surface area contributed by atoms with E-state index in [1.807, 2.05) is 0 Å². The molecule has 0 radical (unpaired) electrons. The number of benzene rings is 1. The maximum atomic E-state index is 13.0. The number of hydrogen-bond donors (Lipinski definition) is 1. The Balaban J connectivity index is 2.44. The molecule has 0 amide bonds. The van der Waals surface area contributed by atoms with Crippen LogP contribution in [0.25, 0.3) is 0 Å². The molecule has 0 unspecified atom stereocenters. The Hall–Kier alpha value is -1.71. The van der Waals surface area contributed by atoms with Gasteiger partial charge in [0, 0.05) is 6.04 Å². The minimum absolute atomic E-state index is 0.0553. The van der Waals surface area contributed by atoms with Crippen LogP contribution in [0.5, 0.6) is 11.5 Å². The third kappa shape index (κ3) is 4.89. The van der Waals surface area contributed by atoms with Gasteiger partial charge in [-0.25, -0.2) is 0 Å². The minimum atomic E-state index is -5.06. The van der Waals surface area contributed by atoms with Crippen molar-refractivity contribution in [2.75, 3.05) is 6.54 Å². The molecular weight excluding hydrogens is 347 g/mol. The van der Waals surface area contributed by atoms with Crippen molar-refractivity contribution < 1.29 is 40.2 Å². The molecule has 2 rings (SSSR count). The van der Waals surface area contributed by atoms with E-state index in [4.69, 9.17) is 0 Å². The van der Waals surface area contributed by atoms with E-state index in [9.17, 15) is 30.7 Å². The molecule has 10 heteroatoms. The van der Waals surface area contributed by atoms with Gasteiger partial charge in [-0.2, -0.15) is 30.7 Å². The maximum absolute atomic E-state index is 13.0. The van der Waals surface area contributed by atoms with Crippen LogP contribution in [0.1, 0.15) is 24.0 Å². The molecule has 1 aliphatic heterocycles. The molecule has 1 heterocycles. The van der Waals surface area contributed by atoms with Crippen LogP contribution in [0.4, 0.5) is 30.7 Å². The highest BCUT2D eigenvalue weighted by Gasteiger charge is 2.37. The SMILES string of the molecule is FC(F)Oc1cc(C(F)(F)F)c(OC(F)F)cc1C[C@@H]1CCCN1. The van der Waals surface area contributed by atoms with Gasteiger partial charge in [0.2, 0.25) is 0 Å². The first kappa shape index (κ1) is 18.6. The van der Waals surface area contributed by atoms with Crippen molar-refractivity contribution in [3.05, 3.63) is 23.3 Å². The normalized spacial score (nSPS) is 18.5. The number of rotatable bonds is 6. The summed E-state index contributed by atoms with van der Waals surface area (Å²) in [7, 11) is 0. The van der Waals surface area contributed by atoms with E-state index in [1.165, 1.54) is 0 Å². The minimum Gasteiger partial charge on any atom is -0.435 e. The molecule has 0 aromatic heterocycles. The fraction of sp³-hybridized carbons (Fsp3) is 0.571. The largest absolute Gasteiger partial charge is 0.435 e. The van der Waals surface area contributed by atoms with Crippen LogP contribution in [0.2, 0.25) is 0 Å².